The van der Waals surface area contributed by atoms with Crippen molar-refractivity contribution in [2.75, 3.05) is 43.0 Å². The lowest BCUT2D eigenvalue weighted by Gasteiger charge is -2.35. The molecule has 1 aliphatic heterocycles. The molecule has 3 aromatic rings. The van der Waals surface area contributed by atoms with Crippen LogP contribution < -0.4 is 15.0 Å². The topological polar surface area (TPSA) is 74.8 Å². The lowest BCUT2D eigenvalue weighted by atomic mass is 10.2. The molecule has 4 rings (SSSR count). The maximum Gasteiger partial charge on any atom is 0.260 e. The Labute approximate surface area is 191 Å². The fourth-order valence-electron chi connectivity index (χ4n) is 3.39. The van der Waals surface area contributed by atoms with Crippen LogP contribution in [-0.2, 0) is 4.79 Å². The van der Waals surface area contributed by atoms with Gasteiger partial charge < -0.3 is 19.9 Å². The average molecular weight is 451 g/mol. The maximum absolute atomic E-state index is 12.4. The number of rotatable bonds is 6. The van der Waals surface area contributed by atoms with E-state index < -0.39 is 0 Å². The maximum atomic E-state index is 12.4. The van der Waals surface area contributed by atoms with Gasteiger partial charge in [-0.15, -0.1) is 0 Å². The van der Waals surface area contributed by atoms with E-state index >= 15 is 0 Å². The Morgan fingerprint density at radius 1 is 0.938 bits per heavy atom. The Balaban J connectivity index is 1.25. The van der Waals surface area contributed by atoms with E-state index in [9.17, 15) is 9.59 Å². The van der Waals surface area contributed by atoms with Crippen LogP contribution in [0, 0.1) is 0 Å². The number of nitrogens with one attached hydrogen (secondary N) is 1. The number of hydrogen-bond acceptors (Lipinski definition) is 5. The van der Waals surface area contributed by atoms with Crippen molar-refractivity contribution in [3.63, 3.8) is 0 Å². The SMILES string of the molecule is O=C(Nc1ccc(N2CCN(C(=O)COc3ccc(Cl)cc3)CC2)nc1)c1ccccc1. The van der Waals surface area contributed by atoms with Gasteiger partial charge in [-0.25, -0.2) is 4.98 Å². The highest BCUT2D eigenvalue weighted by Crippen LogP contribution is 2.18. The summed E-state index contributed by atoms with van der Waals surface area (Å²) in [6.07, 6.45) is 1.65. The molecule has 0 atom stereocenters. The molecule has 0 bridgehead atoms. The predicted molar refractivity (Wildman–Crippen MR) is 124 cm³/mol. The number of hydrogen-bond donors (Lipinski definition) is 1. The first-order valence-electron chi connectivity index (χ1n) is 10.3. The smallest absolute Gasteiger partial charge is 0.260 e. The van der Waals surface area contributed by atoms with E-state index in [0.717, 1.165) is 5.82 Å². The summed E-state index contributed by atoms with van der Waals surface area (Å²) in [4.78, 5) is 33.1. The predicted octanol–water partition coefficient (Wildman–Crippen LogP) is 3.71. The van der Waals surface area contributed by atoms with Crippen LogP contribution in [-0.4, -0.2) is 54.5 Å². The second kappa shape index (κ2) is 10.2. The number of amides is 2. The minimum atomic E-state index is -0.173. The summed E-state index contributed by atoms with van der Waals surface area (Å²) < 4.78 is 5.55. The Hall–Kier alpha value is -3.58. The Bertz CT molecular complexity index is 1050. The molecule has 0 spiro atoms. The molecule has 32 heavy (non-hydrogen) atoms. The number of piperazine rings is 1. The second-order valence-corrected chi connectivity index (χ2v) is 7.77. The van der Waals surface area contributed by atoms with Crippen LogP contribution in [0.4, 0.5) is 11.5 Å². The van der Waals surface area contributed by atoms with E-state index in [4.69, 9.17) is 16.3 Å². The lowest BCUT2D eigenvalue weighted by molar-refractivity contribution is -0.133. The number of ether oxygens (including phenoxy) is 1. The first-order chi connectivity index (χ1) is 15.6. The Morgan fingerprint density at radius 3 is 2.31 bits per heavy atom. The minimum Gasteiger partial charge on any atom is -0.484 e. The standard InChI is InChI=1S/C24H23ClN4O3/c25-19-6-9-21(10-7-19)32-17-23(30)29-14-12-28(13-15-29)22-11-8-20(16-26-22)27-24(31)18-4-2-1-3-5-18/h1-11,16H,12-15,17H2,(H,27,31). The first-order valence-corrected chi connectivity index (χ1v) is 10.7. The van der Waals surface area contributed by atoms with Gasteiger partial charge >= 0.3 is 0 Å². The van der Waals surface area contributed by atoms with Gasteiger partial charge in [0.1, 0.15) is 11.6 Å². The summed E-state index contributed by atoms with van der Waals surface area (Å²) >= 11 is 5.86. The molecule has 0 aliphatic carbocycles. The van der Waals surface area contributed by atoms with E-state index in [2.05, 4.69) is 15.2 Å². The fourth-order valence-corrected chi connectivity index (χ4v) is 3.52. The molecule has 164 valence electrons. The third kappa shape index (κ3) is 5.56. The molecule has 1 aromatic heterocycles. The van der Waals surface area contributed by atoms with E-state index in [0.29, 0.717) is 48.2 Å². The molecule has 8 heteroatoms. The molecule has 0 radical (unpaired) electrons. The number of aromatic nitrogens is 1. The molecule has 1 aliphatic rings. The van der Waals surface area contributed by atoms with Crippen molar-refractivity contribution >= 4 is 34.9 Å². The number of pyridine rings is 1. The van der Waals surface area contributed by atoms with Gasteiger partial charge in [-0.2, -0.15) is 0 Å². The number of carbonyl (C=O) groups excluding carboxylic acids is 2. The average Bonchev–Trinajstić information content (AvgIpc) is 2.84. The number of carbonyl (C=O) groups is 2. The molecule has 2 aromatic carbocycles. The van der Waals surface area contributed by atoms with Crippen LogP contribution in [0.15, 0.2) is 72.9 Å². The molecule has 7 nitrogen and oxygen atoms in total. The van der Waals surface area contributed by atoms with Crippen LogP contribution in [0.5, 0.6) is 5.75 Å². The van der Waals surface area contributed by atoms with Crippen LogP contribution in [0.2, 0.25) is 5.02 Å². The highest BCUT2D eigenvalue weighted by Gasteiger charge is 2.22. The number of halogens is 1. The van der Waals surface area contributed by atoms with Gasteiger partial charge in [-0.05, 0) is 48.5 Å². The molecular formula is C24H23ClN4O3. The van der Waals surface area contributed by atoms with E-state index in [-0.39, 0.29) is 18.4 Å². The zero-order valence-electron chi connectivity index (χ0n) is 17.4. The third-order valence-electron chi connectivity index (χ3n) is 5.17. The molecule has 2 heterocycles. The number of anilines is 2. The Kier molecular flexibility index (Phi) is 6.87. The summed E-state index contributed by atoms with van der Waals surface area (Å²) in [5.41, 5.74) is 1.23. The van der Waals surface area contributed by atoms with Gasteiger partial charge in [0.2, 0.25) is 0 Å². The third-order valence-corrected chi connectivity index (χ3v) is 5.43. The molecule has 0 unspecified atom stereocenters. The Morgan fingerprint density at radius 2 is 1.66 bits per heavy atom. The van der Waals surface area contributed by atoms with Gasteiger partial charge in [0.05, 0.1) is 11.9 Å². The highest BCUT2D eigenvalue weighted by atomic mass is 35.5. The van der Waals surface area contributed by atoms with E-state index in [1.54, 1.807) is 47.5 Å². The zero-order valence-corrected chi connectivity index (χ0v) is 18.2. The van der Waals surface area contributed by atoms with Crippen LogP contribution in [0.1, 0.15) is 10.4 Å². The molecule has 2 amide bonds. The molecule has 1 N–H and O–H groups in total. The zero-order chi connectivity index (χ0) is 22.3. The summed E-state index contributed by atoms with van der Waals surface area (Å²) in [5.74, 6) is 1.21. The number of nitrogens with zero attached hydrogens (tertiary/aromatic N) is 3. The largest absolute Gasteiger partial charge is 0.484 e. The summed E-state index contributed by atoms with van der Waals surface area (Å²) in [7, 11) is 0. The van der Waals surface area contributed by atoms with Crippen LogP contribution >= 0.6 is 11.6 Å². The van der Waals surface area contributed by atoms with E-state index in [1.807, 2.05) is 30.3 Å². The van der Waals surface area contributed by atoms with Crippen molar-refractivity contribution in [1.29, 1.82) is 0 Å². The van der Waals surface area contributed by atoms with Gasteiger partial charge in [-0.3, -0.25) is 9.59 Å². The van der Waals surface area contributed by atoms with Crippen molar-refractivity contribution in [1.82, 2.24) is 9.88 Å². The lowest BCUT2D eigenvalue weighted by Crippen LogP contribution is -2.50. The molecule has 1 fully saturated rings. The fraction of sp³-hybridized carbons (Fsp3) is 0.208. The van der Waals surface area contributed by atoms with Crippen LogP contribution in [0.25, 0.3) is 0 Å². The minimum absolute atomic E-state index is 0.00427. The van der Waals surface area contributed by atoms with Crippen LogP contribution in [0.3, 0.4) is 0 Å². The first kappa shape index (κ1) is 21.6. The summed E-state index contributed by atoms with van der Waals surface area (Å²) in [6, 6.07) is 19.7. The van der Waals surface area contributed by atoms with Gasteiger partial charge in [0.15, 0.2) is 6.61 Å². The van der Waals surface area contributed by atoms with E-state index in [1.165, 1.54) is 0 Å². The van der Waals surface area contributed by atoms with Crippen molar-refractivity contribution in [2.24, 2.45) is 0 Å². The van der Waals surface area contributed by atoms with Crippen molar-refractivity contribution < 1.29 is 14.3 Å². The quantitative estimate of drug-likeness (QED) is 0.619. The highest BCUT2D eigenvalue weighted by molar-refractivity contribution is 6.30. The molecule has 1 saturated heterocycles. The van der Waals surface area contributed by atoms with Gasteiger partial charge in [-0.1, -0.05) is 29.8 Å². The normalized spacial score (nSPS) is 13.5. The summed E-state index contributed by atoms with van der Waals surface area (Å²) in [6.45, 7) is 2.54. The molecule has 0 saturated carbocycles. The van der Waals surface area contributed by atoms with Crippen molar-refractivity contribution in [3.05, 3.63) is 83.5 Å². The van der Waals surface area contributed by atoms with Gasteiger partial charge in [0, 0.05) is 36.8 Å². The van der Waals surface area contributed by atoms with Crippen molar-refractivity contribution in [3.8, 4) is 5.75 Å². The molecular weight excluding hydrogens is 428 g/mol. The number of benzene rings is 2. The summed E-state index contributed by atoms with van der Waals surface area (Å²) in [5, 5.41) is 3.47. The van der Waals surface area contributed by atoms with Crippen molar-refractivity contribution in [2.45, 2.75) is 0 Å². The van der Waals surface area contributed by atoms with Gasteiger partial charge in [0.25, 0.3) is 11.8 Å². The second-order valence-electron chi connectivity index (χ2n) is 7.34. The monoisotopic (exact) mass is 450 g/mol.